The standard InChI is InChI=1S/C18H26N2O2.ClH/c1-22-18(21)17-10-9-16(15-7-3-2-4-8-15)20(17)13-14-6-5-11-19-12-14;/h2-4,7-8,14,16-17,19H,5-6,9-13H2,1H3;1H/t14?,16-,17-;/m0./s1. The lowest BCUT2D eigenvalue weighted by molar-refractivity contribution is -0.146. The molecule has 23 heavy (non-hydrogen) atoms. The maximum atomic E-state index is 12.2. The van der Waals surface area contributed by atoms with Gasteiger partial charge in [-0.2, -0.15) is 0 Å². The van der Waals surface area contributed by atoms with E-state index in [1.807, 2.05) is 6.07 Å². The van der Waals surface area contributed by atoms with Gasteiger partial charge in [0.05, 0.1) is 7.11 Å². The molecule has 3 atom stereocenters. The van der Waals surface area contributed by atoms with Crippen LogP contribution in [0, 0.1) is 5.92 Å². The lowest BCUT2D eigenvalue weighted by Crippen LogP contribution is -2.44. The van der Waals surface area contributed by atoms with Crippen molar-refractivity contribution in [3.63, 3.8) is 0 Å². The van der Waals surface area contributed by atoms with Gasteiger partial charge in [-0.3, -0.25) is 9.69 Å². The Morgan fingerprint density at radius 1 is 1.26 bits per heavy atom. The van der Waals surface area contributed by atoms with Gasteiger partial charge in [-0.25, -0.2) is 0 Å². The van der Waals surface area contributed by atoms with Crippen molar-refractivity contribution in [2.75, 3.05) is 26.7 Å². The van der Waals surface area contributed by atoms with E-state index in [0.29, 0.717) is 12.0 Å². The van der Waals surface area contributed by atoms with E-state index in [-0.39, 0.29) is 24.4 Å². The van der Waals surface area contributed by atoms with Crippen molar-refractivity contribution in [2.24, 2.45) is 5.92 Å². The third kappa shape index (κ3) is 4.25. The molecular formula is C18H27ClN2O2. The van der Waals surface area contributed by atoms with E-state index < -0.39 is 0 Å². The van der Waals surface area contributed by atoms with Crippen molar-refractivity contribution >= 4 is 18.4 Å². The smallest absolute Gasteiger partial charge is 0.323 e. The minimum atomic E-state index is -0.0860. The average Bonchev–Trinajstić information content (AvgIpc) is 2.99. The summed E-state index contributed by atoms with van der Waals surface area (Å²) in [5.41, 5.74) is 1.32. The molecule has 0 bridgehead atoms. The lowest BCUT2D eigenvalue weighted by Gasteiger charge is -2.34. The topological polar surface area (TPSA) is 41.6 Å². The summed E-state index contributed by atoms with van der Waals surface area (Å²) in [6, 6.07) is 10.8. The van der Waals surface area contributed by atoms with Gasteiger partial charge in [0.15, 0.2) is 0 Å². The number of nitrogens with zero attached hydrogens (tertiary/aromatic N) is 1. The molecule has 2 fully saturated rings. The fraction of sp³-hybridized carbons (Fsp3) is 0.611. The first kappa shape index (κ1) is 18.2. The van der Waals surface area contributed by atoms with Crippen LogP contribution < -0.4 is 5.32 Å². The molecule has 0 aliphatic carbocycles. The first-order valence-electron chi connectivity index (χ1n) is 8.39. The number of hydrogen-bond donors (Lipinski definition) is 1. The minimum absolute atomic E-state index is 0. The van der Waals surface area contributed by atoms with Gasteiger partial charge in [0, 0.05) is 12.6 Å². The number of hydrogen-bond acceptors (Lipinski definition) is 4. The van der Waals surface area contributed by atoms with Crippen molar-refractivity contribution in [2.45, 2.75) is 37.8 Å². The van der Waals surface area contributed by atoms with E-state index in [1.54, 1.807) is 0 Å². The summed E-state index contributed by atoms with van der Waals surface area (Å²) in [5.74, 6) is 0.549. The second-order valence-corrected chi connectivity index (χ2v) is 6.45. The largest absolute Gasteiger partial charge is 0.468 e. The second-order valence-electron chi connectivity index (χ2n) is 6.45. The molecule has 1 N–H and O–H groups in total. The predicted molar refractivity (Wildman–Crippen MR) is 93.8 cm³/mol. The Morgan fingerprint density at radius 3 is 2.70 bits per heavy atom. The molecule has 128 valence electrons. The Labute approximate surface area is 145 Å². The zero-order valence-corrected chi connectivity index (χ0v) is 14.6. The average molecular weight is 339 g/mol. The first-order chi connectivity index (χ1) is 10.8. The maximum Gasteiger partial charge on any atom is 0.323 e. The van der Waals surface area contributed by atoms with E-state index in [2.05, 4.69) is 34.5 Å². The van der Waals surface area contributed by atoms with Crippen LogP contribution in [-0.4, -0.2) is 43.7 Å². The quantitative estimate of drug-likeness (QED) is 0.857. The van der Waals surface area contributed by atoms with Gasteiger partial charge in [0.2, 0.25) is 0 Å². The third-order valence-corrected chi connectivity index (χ3v) is 5.04. The van der Waals surface area contributed by atoms with E-state index in [0.717, 1.165) is 32.5 Å². The first-order valence-corrected chi connectivity index (χ1v) is 8.39. The predicted octanol–water partition coefficient (Wildman–Crippen LogP) is 2.79. The summed E-state index contributed by atoms with van der Waals surface area (Å²) < 4.78 is 5.04. The van der Waals surface area contributed by atoms with Crippen LogP contribution in [-0.2, 0) is 9.53 Å². The van der Waals surface area contributed by atoms with Gasteiger partial charge < -0.3 is 10.1 Å². The Morgan fingerprint density at radius 2 is 2.04 bits per heavy atom. The zero-order valence-electron chi connectivity index (χ0n) is 13.7. The van der Waals surface area contributed by atoms with Gasteiger partial charge >= 0.3 is 5.97 Å². The molecule has 5 heteroatoms. The number of carbonyl (C=O) groups excluding carboxylic acids is 1. The molecule has 2 aliphatic rings. The van der Waals surface area contributed by atoms with Gasteiger partial charge in [-0.1, -0.05) is 30.3 Å². The Hall–Kier alpha value is -1.10. The monoisotopic (exact) mass is 338 g/mol. The molecule has 2 heterocycles. The molecule has 0 radical (unpaired) electrons. The number of halogens is 1. The molecule has 0 aromatic heterocycles. The third-order valence-electron chi connectivity index (χ3n) is 5.04. The summed E-state index contributed by atoms with van der Waals surface area (Å²) in [7, 11) is 1.50. The van der Waals surface area contributed by atoms with E-state index in [1.165, 1.54) is 25.5 Å². The van der Waals surface area contributed by atoms with E-state index in [4.69, 9.17) is 4.74 Å². The van der Waals surface area contributed by atoms with Crippen molar-refractivity contribution < 1.29 is 9.53 Å². The van der Waals surface area contributed by atoms with Crippen LogP contribution in [0.5, 0.6) is 0 Å². The van der Waals surface area contributed by atoms with E-state index >= 15 is 0 Å². The van der Waals surface area contributed by atoms with Gasteiger partial charge in [-0.15, -0.1) is 12.4 Å². The SMILES string of the molecule is COC(=O)[C@@H]1CC[C@@H](c2ccccc2)N1CC1CCCNC1.Cl. The van der Waals surface area contributed by atoms with Crippen LogP contribution in [0.25, 0.3) is 0 Å². The number of methoxy groups -OCH3 is 1. The molecule has 2 aliphatic heterocycles. The van der Waals surface area contributed by atoms with Crippen molar-refractivity contribution in [3.8, 4) is 0 Å². The number of piperidine rings is 1. The molecule has 1 aromatic rings. The van der Waals surface area contributed by atoms with Gasteiger partial charge in [0.25, 0.3) is 0 Å². The van der Waals surface area contributed by atoms with Gasteiger partial charge in [0.1, 0.15) is 6.04 Å². The summed E-state index contributed by atoms with van der Waals surface area (Å²) >= 11 is 0. The highest BCUT2D eigenvalue weighted by atomic mass is 35.5. The van der Waals surface area contributed by atoms with Crippen molar-refractivity contribution in [1.82, 2.24) is 10.2 Å². The summed E-state index contributed by atoms with van der Waals surface area (Å²) in [4.78, 5) is 14.6. The fourth-order valence-electron chi connectivity index (χ4n) is 3.92. The van der Waals surface area contributed by atoms with Crippen LogP contribution in [0.3, 0.4) is 0 Å². The molecule has 1 unspecified atom stereocenters. The van der Waals surface area contributed by atoms with E-state index in [9.17, 15) is 4.79 Å². The van der Waals surface area contributed by atoms with Crippen LogP contribution >= 0.6 is 12.4 Å². The number of ether oxygens (including phenoxy) is 1. The number of esters is 1. The lowest BCUT2D eigenvalue weighted by atomic mass is 9.97. The molecule has 0 spiro atoms. The highest BCUT2D eigenvalue weighted by Crippen LogP contribution is 2.37. The molecule has 1 aromatic carbocycles. The minimum Gasteiger partial charge on any atom is -0.468 e. The van der Waals surface area contributed by atoms with Crippen molar-refractivity contribution in [3.05, 3.63) is 35.9 Å². The van der Waals surface area contributed by atoms with Crippen molar-refractivity contribution in [1.29, 1.82) is 0 Å². The number of rotatable bonds is 4. The Kier molecular flexibility index (Phi) is 6.88. The Balaban J connectivity index is 0.00000192. The summed E-state index contributed by atoms with van der Waals surface area (Å²) in [5, 5.41) is 3.48. The van der Waals surface area contributed by atoms with Crippen LogP contribution in [0.15, 0.2) is 30.3 Å². The fourth-order valence-corrected chi connectivity index (χ4v) is 3.92. The summed E-state index contributed by atoms with van der Waals surface area (Å²) in [6.45, 7) is 3.16. The molecule has 3 rings (SSSR count). The highest BCUT2D eigenvalue weighted by Gasteiger charge is 2.40. The normalized spacial score (nSPS) is 28.1. The van der Waals surface area contributed by atoms with Crippen LogP contribution in [0.2, 0.25) is 0 Å². The van der Waals surface area contributed by atoms with Gasteiger partial charge in [-0.05, 0) is 50.3 Å². The van der Waals surface area contributed by atoms with Crippen LogP contribution in [0.4, 0.5) is 0 Å². The molecule has 0 amide bonds. The number of benzene rings is 1. The molecule has 4 nitrogen and oxygen atoms in total. The number of nitrogens with one attached hydrogen (secondary N) is 1. The number of likely N-dealkylation sites (tertiary alicyclic amines) is 1. The van der Waals surface area contributed by atoms with Crippen LogP contribution in [0.1, 0.15) is 37.3 Å². The summed E-state index contributed by atoms with van der Waals surface area (Å²) in [6.07, 6.45) is 4.41. The highest BCUT2D eigenvalue weighted by molar-refractivity contribution is 5.85. The zero-order chi connectivity index (χ0) is 15.4. The number of carbonyl (C=O) groups is 1. The molecule has 2 saturated heterocycles. The molecule has 0 saturated carbocycles. The molecular weight excluding hydrogens is 312 g/mol. The maximum absolute atomic E-state index is 12.2. The second kappa shape index (κ2) is 8.67. The Bertz CT molecular complexity index is 491.